The van der Waals surface area contributed by atoms with Crippen LogP contribution in [0.4, 0.5) is 0 Å². The van der Waals surface area contributed by atoms with E-state index in [0.29, 0.717) is 54.5 Å². The summed E-state index contributed by atoms with van der Waals surface area (Å²) < 4.78 is 21.5. The topological polar surface area (TPSA) is 86.9 Å². The van der Waals surface area contributed by atoms with Crippen LogP contribution in [0.25, 0.3) is 11.5 Å². The summed E-state index contributed by atoms with van der Waals surface area (Å²) in [6, 6.07) is 5.33. The number of aromatic nitrogens is 2. The van der Waals surface area contributed by atoms with E-state index in [4.69, 9.17) is 18.6 Å². The third kappa shape index (κ3) is 4.28. The molecule has 0 aliphatic carbocycles. The summed E-state index contributed by atoms with van der Waals surface area (Å²) in [7, 11) is 3.15. The van der Waals surface area contributed by atoms with Gasteiger partial charge in [0, 0.05) is 24.7 Å². The molecule has 0 saturated carbocycles. The minimum Gasteiger partial charge on any atom is -0.497 e. The van der Waals surface area contributed by atoms with Crippen LogP contribution in [-0.4, -0.2) is 66.8 Å². The fourth-order valence-electron chi connectivity index (χ4n) is 2.55. The number of hydrogen-bond acceptors (Lipinski definition) is 8. The number of carbonyl (C=O) groups excluding carboxylic acids is 1. The van der Waals surface area contributed by atoms with Crippen LogP contribution in [0, 0.1) is 0 Å². The second-order valence-corrected chi connectivity index (χ2v) is 6.96. The zero-order chi connectivity index (χ0) is 18.5. The molecule has 1 amide bonds. The van der Waals surface area contributed by atoms with Crippen LogP contribution in [0.15, 0.2) is 27.8 Å². The van der Waals surface area contributed by atoms with Crippen LogP contribution >= 0.6 is 11.8 Å². The Balaban J connectivity index is 1.70. The maximum Gasteiger partial charge on any atom is 0.277 e. The molecule has 0 radical (unpaired) electrons. The van der Waals surface area contributed by atoms with Gasteiger partial charge in [0.25, 0.3) is 5.22 Å². The number of rotatable bonds is 6. The molecule has 0 bridgehead atoms. The van der Waals surface area contributed by atoms with Crippen molar-refractivity contribution >= 4 is 17.7 Å². The minimum atomic E-state index is -0.318. The van der Waals surface area contributed by atoms with Gasteiger partial charge in [0.1, 0.15) is 11.5 Å². The lowest BCUT2D eigenvalue weighted by Crippen LogP contribution is -2.44. The molecule has 9 heteroatoms. The highest BCUT2D eigenvalue weighted by atomic mass is 32.2. The zero-order valence-corrected chi connectivity index (χ0v) is 15.7. The number of benzene rings is 1. The molecule has 1 aliphatic heterocycles. The van der Waals surface area contributed by atoms with Gasteiger partial charge in [-0.25, -0.2) is 0 Å². The van der Waals surface area contributed by atoms with Crippen LogP contribution in [0.3, 0.4) is 0 Å². The number of ether oxygens (including phenoxy) is 3. The standard InChI is InChI=1S/C17H21N3O5S/c1-11(16(21)20-4-6-24-7-5-20)26-17-19-18-15(25-17)12-8-13(22-2)10-14(9-12)23-3/h8-11H,4-7H2,1-3H3/t11-/m1/s1. The third-order valence-electron chi connectivity index (χ3n) is 3.95. The van der Waals surface area contributed by atoms with Crippen molar-refractivity contribution in [1.29, 1.82) is 0 Å². The van der Waals surface area contributed by atoms with Crippen molar-refractivity contribution in [3.8, 4) is 23.0 Å². The normalized spacial score (nSPS) is 15.6. The Morgan fingerprint density at radius 1 is 1.15 bits per heavy atom. The number of morpholine rings is 1. The van der Waals surface area contributed by atoms with Crippen molar-refractivity contribution in [2.45, 2.75) is 17.4 Å². The number of amides is 1. The summed E-state index contributed by atoms with van der Waals surface area (Å²) >= 11 is 1.25. The maximum absolute atomic E-state index is 12.5. The molecule has 1 atom stereocenters. The average Bonchev–Trinajstić information content (AvgIpc) is 3.16. The van der Waals surface area contributed by atoms with E-state index in [2.05, 4.69) is 10.2 Å². The first kappa shape index (κ1) is 18.5. The van der Waals surface area contributed by atoms with Crippen molar-refractivity contribution in [1.82, 2.24) is 15.1 Å². The van der Waals surface area contributed by atoms with Crippen LogP contribution in [0.2, 0.25) is 0 Å². The number of hydrogen-bond donors (Lipinski definition) is 0. The van der Waals surface area contributed by atoms with E-state index in [1.54, 1.807) is 37.3 Å². The number of nitrogens with zero attached hydrogens (tertiary/aromatic N) is 3. The average molecular weight is 379 g/mol. The Morgan fingerprint density at radius 2 is 1.81 bits per heavy atom. The van der Waals surface area contributed by atoms with Crippen LogP contribution in [-0.2, 0) is 9.53 Å². The van der Waals surface area contributed by atoms with Gasteiger partial charge in [-0.2, -0.15) is 0 Å². The van der Waals surface area contributed by atoms with E-state index in [9.17, 15) is 4.79 Å². The van der Waals surface area contributed by atoms with Gasteiger partial charge in [-0.1, -0.05) is 11.8 Å². The van der Waals surface area contributed by atoms with Gasteiger partial charge < -0.3 is 23.5 Å². The number of carbonyl (C=O) groups is 1. The molecule has 0 spiro atoms. The van der Waals surface area contributed by atoms with Gasteiger partial charge in [0.15, 0.2) is 0 Å². The molecule has 1 aliphatic rings. The fraction of sp³-hybridized carbons (Fsp3) is 0.471. The highest BCUT2D eigenvalue weighted by Gasteiger charge is 2.25. The molecule has 8 nitrogen and oxygen atoms in total. The molecule has 26 heavy (non-hydrogen) atoms. The second kappa shape index (κ2) is 8.41. The van der Waals surface area contributed by atoms with Gasteiger partial charge in [0.05, 0.1) is 32.7 Å². The molecule has 1 fully saturated rings. The predicted octanol–water partition coefficient (Wildman–Crippen LogP) is 2.09. The van der Waals surface area contributed by atoms with Crippen molar-refractivity contribution in [3.63, 3.8) is 0 Å². The first-order valence-electron chi connectivity index (χ1n) is 8.21. The Labute approximate surface area is 155 Å². The van der Waals surface area contributed by atoms with Crippen LogP contribution in [0.5, 0.6) is 11.5 Å². The largest absolute Gasteiger partial charge is 0.497 e. The SMILES string of the molecule is COc1cc(OC)cc(-c2nnc(S[C@H](C)C(=O)N3CCOCC3)o2)c1. The van der Waals surface area contributed by atoms with Crippen molar-refractivity contribution in [2.24, 2.45) is 0 Å². The van der Waals surface area contributed by atoms with Crippen molar-refractivity contribution in [2.75, 3.05) is 40.5 Å². The molecule has 1 aromatic heterocycles. The van der Waals surface area contributed by atoms with E-state index in [1.165, 1.54) is 11.8 Å². The van der Waals surface area contributed by atoms with E-state index in [1.807, 2.05) is 6.92 Å². The summed E-state index contributed by atoms with van der Waals surface area (Å²) in [4.78, 5) is 14.3. The molecular weight excluding hydrogens is 358 g/mol. The number of methoxy groups -OCH3 is 2. The molecule has 0 N–H and O–H groups in total. The Kier molecular flexibility index (Phi) is 6.00. The predicted molar refractivity (Wildman–Crippen MR) is 95.6 cm³/mol. The third-order valence-corrected chi connectivity index (χ3v) is 4.87. The molecule has 140 valence electrons. The zero-order valence-electron chi connectivity index (χ0n) is 14.9. The molecule has 1 aromatic carbocycles. The van der Waals surface area contributed by atoms with Gasteiger partial charge in [-0.15, -0.1) is 10.2 Å². The lowest BCUT2D eigenvalue weighted by atomic mass is 10.2. The minimum absolute atomic E-state index is 0.0427. The summed E-state index contributed by atoms with van der Waals surface area (Å²) in [5.74, 6) is 1.64. The second-order valence-electron chi connectivity index (χ2n) is 5.67. The quantitative estimate of drug-likeness (QED) is 0.705. The van der Waals surface area contributed by atoms with E-state index < -0.39 is 0 Å². The lowest BCUT2D eigenvalue weighted by molar-refractivity contribution is -0.134. The fourth-order valence-corrected chi connectivity index (χ4v) is 3.31. The summed E-state index contributed by atoms with van der Waals surface area (Å²) in [5, 5.41) is 8.13. The van der Waals surface area contributed by atoms with Crippen molar-refractivity contribution < 1.29 is 23.4 Å². The van der Waals surface area contributed by atoms with Gasteiger partial charge >= 0.3 is 0 Å². The Morgan fingerprint density at radius 3 is 2.42 bits per heavy atom. The molecule has 2 aromatic rings. The number of thioether (sulfide) groups is 1. The first-order valence-corrected chi connectivity index (χ1v) is 9.09. The molecular formula is C17H21N3O5S. The van der Waals surface area contributed by atoms with Gasteiger partial charge in [-0.05, 0) is 19.1 Å². The molecule has 2 heterocycles. The Hall–Kier alpha value is -2.26. The van der Waals surface area contributed by atoms with Crippen LogP contribution in [0.1, 0.15) is 6.92 Å². The van der Waals surface area contributed by atoms with Crippen LogP contribution < -0.4 is 9.47 Å². The van der Waals surface area contributed by atoms with E-state index in [-0.39, 0.29) is 11.2 Å². The highest BCUT2D eigenvalue weighted by Crippen LogP contribution is 2.31. The summed E-state index contributed by atoms with van der Waals surface area (Å²) in [6.07, 6.45) is 0. The maximum atomic E-state index is 12.5. The molecule has 1 saturated heterocycles. The molecule has 0 unspecified atom stereocenters. The van der Waals surface area contributed by atoms with Gasteiger partial charge in [-0.3, -0.25) is 4.79 Å². The van der Waals surface area contributed by atoms with E-state index >= 15 is 0 Å². The van der Waals surface area contributed by atoms with E-state index in [0.717, 1.165) is 0 Å². The van der Waals surface area contributed by atoms with Gasteiger partial charge in [0.2, 0.25) is 11.8 Å². The van der Waals surface area contributed by atoms with Crippen molar-refractivity contribution in [3.05, 3.63) is 18.2 Å². The first-order chi connectivity index (χ1) is 12.6. The molecule has 3 rings (SSSR count). The monoisotopic (exact) mass is 379 g/mol. The summed E-state index contributed by atoms with van der Waals surface area (Å²) in [5.41, 5.74) is 0.688. The lowest BCUT2D eigenvalue weighted by Gasteiger charge is -2.28. The smallest absolute Gasteiger partial charge is 0.277 e. The Bertz CT molecular complexity index is 738. The highest BCUT2D eigenvalue weighted by molar-refractivity contribution is 8.00. The summed E-state index contributed by atoms with van der Waals surface area (Å²) in [6.45, 7) is 4.21.